The van der Waals surface area contributed by atoms with E-state index in [0.29, 0.717) is 19.5 Å². The Labute approximate surface area is 165 Å². The summed E-state index contributed by atoms with van der Waals surface area (Å²) in [5.41, 5.74) is 10.3. The van der Waals surface area contributed by atoms with Gasteiger partial charge in [-0.25, -0.2) is 0 Å². The number of carbonyl (C=O) groups excluding carboxylic acids is 1. The highest BCUT2D eigenvalue weighted by molar-refractivity contribution is 5.78. The van der Waals surface area contributed by atoms with Crippen molar-refractivity contribution in [1.29, 1.82) is 0 Å². The first-order valence-corrected chi connectivity index (χ1v) is 9.46. The molecule has 0 heterocycles. The summed E-state index contributed by atoms with van der Waals surface area (Å²) >= 11 is 0. The first kappa shape index (κ1) is 21.6. The highest BCUT2D eigenvalue weighted by Crippen LogP contribution is 2.44. The first-order valence-electron chi connectivity index (χ1n) is 9.46. The lowest BCUT2D eigenvalue weighted by molar-refractivity contribution is -0.138. The van der Waals surface area contributed by atoms with E-state index in [-0.39, 0.29) is 5.92 Å². The molecule has 2 aromatic carbocycles. The van der Waals surface area contributed by atoms with Gasteiger partial charge in [0.15, 0.2) is 0 Å². The second kappa shape index (κ2) is 11.2. The van der Waals surface area contributed by atoms with Gasteiger partial charge in [-0.05, 0) is 48.7 Å². The molecule has 1 aliphatic rings. The topological polar surface area (TPSA) is 102 Å². The second-order valence-corrected chi connectivity index (χ2v) is 6.70. The average molecular weight is 384 g/mol. The van der Waals surface area contributed by atoms with E-state index in [0.717, 1.165) is 19.4 Å². The van der Waals surface area contributed by atoms with Gasteiger partial charge in [-0.15, -0.1) is 0 Å². The molecular formula is C22H28N2O4. The van der Waals surface area contributed by atoms with Crippen molar-refractivity contribution >= 4 is 12.4 Å². The minimum atomic E-state index is -0.908. The quantitative estimate of drug-likeness (QED) is 0.454. The number of hydrogen-bond acceptors (Lipinski definition) is 5. The second-order valence-electron chi connectivity index (χ2n) is 6.70. The van der Waals surface area contributed by atoms with Gasteiger partial charge in [0, 0.05) is 5.92 Å². The van der Waals surface area contributed by atoms with E-state index in [2.05, 4.69) is 29.6 Å². The van der Waals surface area contributed by atoms with Crippen LogP contribution in [0, 0.1) is 0 Å². The summed E-state index contributed by atoms with van der Waals surface area (Å²) in [5.74, 6) is -0.734. The number of nitrogens with one attached hydrogen (secondary N) is 1. The zero-order valence-corrected chi connectivity index (χ0v) is 16.1. The molecular weight excluding hydrogens is 356 g/mol. The van der Waals surface area contributed by atoms with Gasteiger partial charge in [0.1, 0.15) is 12.6 Å². The zero-order valence-electron chi connectivity index (χ0n) is 16.1. The number of nitrogens with two attached hydrogens (primary N) is 1. The predicted octanol–water partition coefficient (Wildman–Crippen LogP) is 2.76. The largest absolute Gasteiger partial charge is 0.480 e. The summed E-state index contributed by atoms with van der Waals surface area (Å²) in [6.45, 7) is 1.85. The highest BCUT2D eigenvalue weighted by Gasteiger charge is 2.28. The van der Waals surface area contributed by atoms with Crippen molar-refractivity contribution in [3.63, 3.8) is 0 Å². The molecule has 0 spiro atoms. The third kappa shape index (κ3) is 5.65. The maximum atomic E-state index is 10.4. The fourth-order valence-corrected chi connectivity index (χ4v) is 3.36. The summed E-state index contributed by atoms with van der Waals surface area (Å²) in [5, 5.41) is 11.4. The fourth-order valence-electron chi connectivity index (χ4n) is 3.36. The van der Waals surface area contributed by atoms with Crippen molar-refractivity contribution < 1.29 is 19.4 Å². The van der Waals surface area contributed by atoms with Crippen molar-refractivity contribution in [2.45, 2.75) is 31.2 Å². The molecule has 0 fully saturated rings. The van der Waals surface area contributed by atoms with E-state index in [1.807, 2.05) is 31.3 Å². The molecule has 1 unspecified atom stereocenters. The van der Waals surface area contributed by atoms with Crippen LogP contribution in [-0.4, -0.2) is 43.8 Å². The Morgan fingerprint density at radius 2 is 1.71 bits per heavy atom. The Bertz CT molecular complexity index is 733. The average Bonchev–Trinajstić information content (AvgIpc) is 3.04. The van der Waals surface area contributed by atoms with Gasteiger partial charge in [-0.3, -0.25) is 9.59 Å². The van der Waals surface area contributed by atoms with Gasteiger partial charge in [-0.2, -0.15) is 0 Å². The Balaban J connectivity index is 0.000000224. The molecule has 6 heteroatoms. The van der Waals surface area contributed by atoms with Crippen LogP contribution in [0.1, 0.15) is 36.3 Å². The molecule has 0 saturated heterocycles. The van der Waals surface area contributed by atoms with E-state index < -0.39 is 12.0 Å². The molecule has 150 valence electrons. The Morgan fingerprint density at radius 3 is 2.21 bits per heavy atom. The number of rotatable bonds is 9. The van der Waals surface area contributed by atoms with Crippen LogP contribution >= 0.6 is 0 Å². The van der Waals surface area contributed by atoms with Gasteiger partial charge in [-0.1, -0.05) is 55.0 Å². The Morgan fingerprint density at radius 1 is 1.14 bits per heavy atom. The minimum Gasteiger partial charge on any atom is -0.480 e. The minimum absolute atomic E-state index is 0.174. The molecule has 6 nitrogen and oxygen atoms in total. The van der Waals surface area contributed by atoms with E-state index in [1.165, 1.54) is 22.3 Å². The lowest BCUT2D eigenvalue weighted by Gasteiger charge is -2.11. The fraction of sp³-hybridized carbons (Fsp3) is 0.364. The third-order valence-corrected chi connectivity index (χ3v) is 4.80. The summed E-state index contributed by atoms with van der Waals surface area (Å²) in [7, 11) is 1.87. The van der Waals surface area contributed by atoms with E-state index in [1.54, 1.807) is 0 Å². The van der Waals surface area contributed by atoms with Crippen LogP contribution in [-0.2, 0) is 14.3 Å². The molecule has 2 aromatic rings. The number of aliphatic carboxylic acids is 1. The summed E-state index contributed by atoms with van der Waals surface area (Å²) < 4.78 is 4.95. The molecule has 3 rings (SSSR count). The molecule has 0 aliphatic heterocycles. The molecule has 0 bridgehead atoms. The van der Waals surface area contributed by atoms with Crippen molar-refractivity contribution in [2.24, 2.45) is 5.73 Å². The summed E-state index contributed by atoms with van der Waals surface area (Å²) in [6, 6.07) is 15.9. The lowest BCUT2D eigenvalue weighted by Crippen LogP contribution is -2.29. The van der Waals surface area contributed by atoms with Crippen LogP contribution in [0.4, 0.5) is 0 Å². The third-order valence-electron chi connectivity index (χ3n) is 4.80. The van der Waals surface area contributed by atoms with Gasteiger partial charge in [0.25, 0.3) is 6.47 Å². The number of carboxylic acids is 1. The Kier molecular flexibility index (Phi) is 8.65. The number of fused-ring (bicyclic) bond motifs is 3. The van der Waals surface area contributed by atoms with Gasteiger partial charge < -0.3 is 20.9 Å². The number of hydrogen-bond donors (Lipinski definition) is 3. The summed E-state index contributed by atoms with van der Waals surface area (Å²) in [4.78, 5) is 20.6. The molecule has 0 radical (unpaired) electrons. The number of unbranched alkanes of at least 4 members (excludes halogenated alkanes) is 1. The standard InChI is InChI=1S/C15H12O2.C7H16N2O2/c16-10-17-9-15-13-7-3-1-5-11(13)12-6-2-4-8-14(12)15;1-9-5-3-2-4-6(8)7(10)11/h1-8,10,15H,9H2;6,9H,2-5,8H2,1H3,(H,10,11). The van der Waals surface area contributed by atoms with E-state index >= 15 is 0 Å². The smallest absolute Gasteiger partial charge is 0.320 e. The molecule has 1 aliphatic carbocycles. The lowest BCUT2D eigenvalue weighted by atomic mass is 9.98. The molecule has 1 atom stereocenters. The van der Waals surface area contributed by atoms with Crippen molar-refractivity contribution in [3.05, 3.63) is 59.7 Å². The summed E-state index contributed by atoms with van der Waals surface area (Å²) in [6.07, 6.45) is 2.42. The number of benzene rings is 2. The van der Waals surface area contributed by atoms with E-state index in [9.17, 15) is 9.59 Å². The monoisotopic (exact) mass is 384 g/mol. The maximum absolute atomic E-state index is 10.4. The van der Waals surface area contributed by atoms with Crippen LogP contribution in [0.5, 0.6) is 0 Å². The molecule has 28 heavy (non-hydrogen) atoms. The zero-order chi connectivity index (χ0) is 20.4. The van der Waals surface area contributed by atoms with Crippen LogP contribution in [0.3, 0.4) is 0 Å². The van der Waals surface area contributed by atoms with Gasteiger partial charge in [0.2, 0.25) is 0 Å². The molecule has 0 saturated carbocycles. The normalized spacial score (nSPS) is 12.9. The number of carboxylic acid groups (broad SMARTS) is 1. The number of carbonyl (C=O) groups is 2. The van der Waals surface area contributed by atoms with Gasteiger partial charge in [0.05, 0.1) is 0 Å². The van der Waals surface area contributed by atoms with Crippen LogP contribution < -0.4 is 11.1 Å². The van der Waals surface area contributed by atoms with Crippen molar-refractivity contribution in [3.8, 4) is 11.1 Å². The Hall–Kier alpha value is -2.70. The maximum Gasteiger partial charge on any atom is 0.320 e. The SMILES string of the molecule is CNCCCCC(N)C(=O)O.O=COCC1c2ccccc2-c2ccccc21. The van der Waals surface area contributed by atoms with Gasteiger partial charge >= 0.3 is 5.97 Å². The van der Waals surface area contributed by atoms with Crippen LogP contribution in [0.15, 0.2) is 48.5 Å². The predicted molar refractivity (Wildman–Crippen MR) is 109 cm³/mol. The van der Waals surface area contributed by atoms with Crippen molar-refractivity contribution in [2.75, 3.05) is 20.2 Å². The highest BCUT2D eigenvalue weighted by atomic mass is 16.5. The van der Waals surface area contributed by atoms with Crippen LogP contribution in [0.2, 0.25) is 0 Å². The first-order chi connectivity index (χ1) is 13.6. The molecule has 0 aromatic heterocycles. The number of ether oxygens (including phenoxy) is 1. The van der Waals surface area contributed by atoms with E-state index in [4.69, 9.17) is 15.6 Å². The van der Waals surface area contributed by atoms with Crippen molar-refractivity contribution in [1.82, 2.24) is 5.32 Å². The molecule has 0 amide bonds. The molecule has 4 N–H and O–H groups in total. The van der Waals surface area contributed by atoms with Crippen LogP contribution in [0.25, 0.3) is 11.1 Å².